The molecule has 1 spiro atoms. The van der Waals surface area contributed by atoms with Gasteiger partial charge in [-0.25, -0.2) is 9.98 Å². The second-order valence-corrected chi connectivity index (χ2v) is 15.3. The highest BCUT2D eigenvalue weighted by molar-refractivity contribution is 6.15. The summed E-state index contributed by atoms with van der Waals surface area (Å²) in [5.74, 6) is 1.54. The molecule has 1 aromatic heterocycles. The highest BCUT2D eigenvalue weighted by atomic mass is 16.3. The maximum Gasteiger partial charge on any atom is 0.159 e. The lowest BCUT2D eigenvalue weighted by Gasteiger charge is -2.34. The number of fused-ring (bicyclic) bond motifs is 13. The van der Waals surface area contributed by atoms with E-state index in [4.69, 9.17) is 14.4 Å². The van der Waals surface area contributed by atoms with Gasteiger partial charge in [0.2, 0.25) is 0 Å². The molecule has 0 fully saturated rings. The zero-order chi connectivity index (χ0) is 37.7. The van der Waals surface area contributed by atoms with Crippen molar-refractivity contribution >= 4 is 33.6 Å². The van der Waals surface area contributed by atoms with E-state index in [1.807, 2.05) is 12.1 Å². The summed E-state index contributed by atoms with van der Waals surface area (Å²) in [5, 5.41) is 2.19. The van der Waals surface area contributed by atoms with E-state index in [2.05, 4.69) is 188 Å². The lowest BCUT2D eigenvalue weighted by Crippen LogP contribution is -2.36. The van der Waals surface area contributed by atoms with E-state index in [0.29, 0.717) is 5.84 Å². The summed E-state index contributed by atoms with van der Waals surface area (Å²) in [6, 6.07) is 67.6. The second-order valence-electron chi connectivity index (χ2n) is 15.3. The first kappa shape index (κ1) is 32.0. The quantitative estimate of drug-likeness (QED) is 0.181. The van der Waals surface area contributed by atoms with Gasteiger partial charge in [0.1, 0.15) is 17.0 Å². The second kappa shape index (κ2) is 12.1. The Kier molecular flexibility index (Phi) is 6.79. The Morgan fingerprint density at radius 2 is 1.04 bits per heavy atom. The molecule has 57 heavy (non-hydrogen) atoms. The van der Waals surface area contributed by atoms with Crippen molar-refractivity contribution in [1.29, 1.82) is 0 Å². The summed E-state index contributed by atoms with van der Waals surface area (Å²) in [6.45, 7) is 0. The summed E-state index contributed by atoms with van der Waals surface area (Å²) in [7, 11) is 2.13. The van der Waals surface area contributed by atoms with Crippen molar-refractivity contribution in [3.05, 3.63) is 227 Å². The number of hydrogen-bond acceptors (Lipinski definition) is 4. The molecule has 0 radical (unpaired) electrons. The average Bonchev–Trinajstić information content (AvgIpc) is 3.91. The van der Waals surface area contributed by atoms with Gasteiger partial charge < -0.3 is 9.32 Å². The fourth-order valence-electron chi connectivity index (χ4n) is 9.91. The van der Waals surface area contributed by atoms with Gasteiger partial charge in [0, 0.05) is 34.5 Å². The number of aliphatic imine (C=N–C) groups is 2. The topological polar surface area (TPSA) is 41.1 Å². The van der Waals surface area contributed by atoms with Crippen LogP contribution in [0.5, 0.6) is 0 Å². The smallest absolute Gasteiger partial charge is 0.159 e. The summed E-state index contributed by atoms with van der Waals surface area (Å²) < 4.78 is 6.38. The number of amidine groups is 2. The van der Waals surface area contributed by atoms with Gasteiger partial charge in [-0.3, -0.25) is 0 Å². The van der Waals surface area contributed by atoms with E-state index in [1.54, 1.807) is 0 Å². The van der Waals surface area contributed by atoms with Crippen LogP contribution in [-0.4, -0.2) is 23.6 Å². The van der Waals surface area contributed by atoms with Crippen LogP contribution in [0.25, 0.3) is 55.3 Å². The molecule has 3 aliphatic rings. The standard InChI is InChI=1S/C53H35N3O/c1-56-51(35-28-26-34(27-29-35)33-14-3-2-4-15-33)54-50(36-30-31-40-39-18-8-12-25-47(39)57-48(40)32-36)55-52(56)42-20-13-24-46-49(42)41-19-7-11-23-45(41)53(46)43-21-9-5-16-37(43)38-17-6-10-22-44(38)53/h2-32,52H,1H3. The van der Waals surface area contributed by atoms with Crippen LogP contribution in [0.3, 0.4) is 0 Å². The molecule has 0 N–H and O–H groups in total. The fourth-order valence-corrected chi connectivity index (χ4v) is 9.91. The van der Waals surface area contributed by atoms with E-state index >= 15 is 0 Å². The van der Waals surface area contributed by atoms with Crippen LogP contribution in [0.4, 0.5) is 0 Å². The zero-order valence-corrected chi connectivity index (χ0v) is 31.2. The number of para-hydroxylation sites is 1. The van der Waals surface area contributed by atoms with Gasteiger partial charge in [0.05, 0.1) is 5.41 Å². The van der Waals surface area contributed by atoms with Crippen LogP contribution in [-0.2, 0) is 5.41 Å². The van der Waals surface area contributed by atoms with Crippen LogP contribution >= 0.6 is 0 Å². The van der Waals surface area contributed by atoms with E-state index in [1.165, 1.54) is 55.6 Å². The number of nitrogens with zero attached hydrogens (tertiary/aromatic N) is 3. The van der Waals surface area contributed by atoms with Crippen LogP contribution in [0.2, 0.25) is 0 Å². The molecule has 0 saturated carbocycles. The predicted octanol–water partition coefficient (Wildman–Crippen LogP) is 12.4. The minimum atomic E-state index is -0.439. The van der Waals surface area contributed by atoms with Crippen molar-refractivity contribution in [3.63, 3.8) is 0 Å². The van der Waals surface area contributed by atoms with Crippen LogP contribution in [0.1, 0.15) is 45.1 Å². The lowest BCUT2D eigenvalue weighted by molar-refractivity contribution is 0.383. The summed E-state index contributed by atoms with van der Waals surface area (Å²) >= 11 is 0. The summed E-state index contributed by atoms with van der Waals surface area (Å²) in [5.41, 5.74) is 17.1. The van der Waals surface area contributed by atoms with E-state index < -0.39 is 5.41 Å². The number of hydrogen-bond donors (Lipinski definition) is 0. The Labute approximate surface area is 330 Å². The third-order valence-electron chi connectivity index (χ3n) is 12.4. The largest absolute Gasteiger partial charge is 0.456 e. The molecule has 4 heteroatoms. The first-order valence-electron chi connectivity index (χ1n) is 19.6. The number of benzene rings is 8. The summed E-state index contributed by atoms with van der Waals surface area (Å²) in [6.07, 6.45) is -0.363. The monoisotopic (exact) mass is 729 g/mol. The van der Waals surface area contributed by atoms with Gasteiger partial charge in [-0.15, -0.1) is 0 Å². The Hall–Kier alpha value is -7.30. The molecule has 0 amide bonds. The molecule has 2 heterocycles. The lowest BCUT2D eigenvalue weighted by atomic mass is 9.70. The molecular formula is C53H35N3O. The maximum atomic E-state index is 6.38. The molecule has 268 valence electrons. The molecule has 12 rings (SSSR count). The fraction of sp³-hybridized carbons (Fsp3) is 0.0566. The Morgan fingerprint density at radius 3 is 1.79 bits per heavy atom. The molecule has 4 nitrogen and oxygen atoms in total. The molecular weight excluding hydrogens is 695 g/mol. The highest BCUT2D eigenvalue weighted by Gasteiger charge is 2.52. The van der Waals surface area contributed by atoms with Gasteiger partial charge in [-0.2, -0.15) is 0 Å². The predicted molar refractivity (Wildman–Crippen MR) is 232 cm³/mol. The molecule has 0 bridgehead atoms. The van der Waals surface area contributed by atoms with Gasteiger partial charge in [0.25, 0.3) is 0 Å². The van der Waals surface area contributed by atoms with Crippen molar-refractivity contribution in [1.82, 2.24) is 4.90 Å². The number of rotatable bonds is 4. The van der Waals surface area contributed by atoms with Gasteiger partial charge >= 0.3 is 0 Å². The van der Waals surface area contributed by atoms with Crippen molar-refractivity contribution in [2.24, 2.45) is 9.98 Å². The molecule has 9 aromatic rings. The minimum absolute atomic E-state index is 0.363. The van der Waals surface area contributed by atoms with Gasteiger partial charge in [-0.05, 0) is 73.8 Å². The molecule has 8 aromatic carbocycles. The van der Waals surface area contributed by atoms with Crippen molar-refractivity contribution in [3.8, 4) is 33.4 Å². The van der Waals surface area contributed by atoms with Crippen LogP contribution in [0.15, 0.2) is 202 Å². The third-order valence-corrected chi connectivity index (χ3v) is 12.4. The molecule has 0 saturated heterocycles. The first-order valence-corrected chi connectivity index (χ1v) is 19.6. The molecule has 1 aliphatic heterocycles. The van der Waals surface area contributed by atoms with Crippen molar-refractivity contribution in [2.75, 3.05) is 7.05 Å². The normalized spacial score (nSPS) is 15.9. The first-order chi connectivity index (χ1) is 28.2. The van der Waals surface area contributed by atoms with E-state index in [0.717, 1.165) is 44.5 Å². The SMILES string of the molecule is CN1C(c2ccc(-c3ccccc3)cc2)=NC(c2ccc3c(c2)oc2ccccc23)=NC1c1cccc2c1-c1ccccc1C21c2ccccc2-c2ccccc21. The zero-order valence-electron chi connectivity index (χ0n) is 31.2. The molecule has 2 aliphatic carbocycles. The molecule has 1 atom stereocenters. The van der Waals surface area contributed by atoms with E-state index in [-0.39, 0.29) is 6.17 Å². The Bertz CT molecular complexity index is 3110. The Morgan fingerprint density at radius 1 is 0.474 bits per heavy atom. The highest BCUT2D eigenvalue weighted by Crippen LogP contribution is 2.63. The van der Waals surface area contributed by atoms with E-state index in [9.17, 15) is 0 Å². The number of furan rings is 1. The van der Waals surface area contributed by atoms with Crippen LogP contribution < -0.4 is 0 Å². The van der Waals surface area contributed by atoms with Crippen LogP contribution in [0, 0.1) is 0 Å². The van der Waals surface area contributed by atoms with Gasteiger partial charge in [-0.1, -0.05) is 170 Å². The third kappa shape index (κ3) is 4.50. The van der Waals surface area contributed by atoms with Crippen molar-refractivity contribution < 1.29 is 4.42 Å². The van der Waals surface area contributed by atoms with Gasteiger partial charge in [0.15, 0.2) is 12.0 Å². The maximum absolute atomic E-state index is 6.38. The van der Waals surface area contributed by atoms with Crippen molar-refractivity contribution in [2.45, 2.75) is 11.6 Å². The minimum Gasteiger partial charge on any atom is -0.456 e. The Balaban J connectivity index is 1.07. The average molecular weight is 730 g/mol. The summed E-state index contributed by atoms with van der Waals surface area (Å²) in [4.78, 5) is 13.2. The molecule has 1 unspecified atom stereocenters.